The van der Waals surface area contributed by atoms with Gasteiger partial charge in [-0.1, -0.05) is 19.4 Å². The van der Waals surface area contributed by atoms with E-state index in [-0.39, 0.29) is 24.4 Å². The fourth-order valence-electron chi connectivity index (χ4n) is 2.98. The van der Waals surface area contributed by atoms with Crippen molar-refractivity contribution in [1.29, 1.82) is 0 Å². The minimum Gasteiger partial charge on any atom is -0.493 e. The van der Waals surface area contributed by atoms with Crippen molar-refractivity contribution in [2.24, 2.45) is 11.7 Å². The van der Waals surface area contributed by atoms with Crippen molar-refractivity contribution in [2.75, 3.05) is 13.7 Å². The lowest BCUT2D eigenvalue weighted by Gasteiger charge is -2.15. The Hall–Kier alpha value is -1.46. The molecule has 3 N–H and O–H groups in total. The predicted molar refractivity (Wildman–Crippen MR) is 97.8 cm³/mol. The molecule has 1 aromatic rings. The SMILES string of the molecule is CCCOc1ccc(CNC(=O)C[C@@H]2CCC[C@H]2N)cc1OC.Cl. The summed E-state index contributed by atoms with van der Waals surface area (Å²) in [4.78, 5) is 12.1. The van der Waals surface area contributed by atoms with Crippen LogP contribution < -0.4 is 20.5 Å². The first-order valence-electron chi connectivity index (χ1n) is 8.46. The van der Waals surface area contributed by atoms with E-state index in [1.54, 1.807) is 7.11 Å². The Morgan fingerprint density at radius 3 is 2.75 bits per heavy atom. The number of halogens is 1. The van der Waals surface area contributed by atoms with Crippen LogP contribution in [0.1, 0.15) is 44.6 Å². The molecule has 1 fully saturated rings. The van der Waals surface area contributed by atoms with Gasteiger partial charge in [-0.2, -0.15) is 0 Å². The summed E-state index contributed by atoms with van der Waals surface area (Å²) in [6.45, 7) is 3.21. The number of carbonyl (C=O) groups excluding carboxylic acids is 1. The Morgan fingerprint density at radius 2 is 2.12 bits per heavy atom. The van der Waals surface area contributed by atoms with Gasteiger partial charge in [0.25, 0.3) is 0 Å². The summed E-state index contributed by atoms with van der Waals surface area (Å²) in [5, 5.41) is 2.97. The van der Waals surface area contributed by atoms with Crippen molar-refractivity contribution in [3.63, 3.8) is 0 Å². The van der Waals surface area contributed by atoms with Gasteiger partial charge in [0.05, 0.1) is 13.7 Å². The Bertz CT molecular complexity index is 525. The Morgan fingerprint density at radius 1 is 1.33 bits per heavy atom. The first-order chi connectivity index (χ1) is 11.1. The van der Waals surface area contributed by atoms with Crippen LogP contribution in [0.5, 0.6) is 11.5 Å². The number of methoxy groups -OCH3 is 1. The molecular weight excluding hydrogens is 328 g/mol. The number of nitrogens with two attached hydrogens (primary N) is 1. The van der Waals surface area contributed by atoms with Gasteiger partial charge >= 0.3 is 0 Å². The standard InChI is InChI=1S/C18H28N2O3.ClH/c1-3-9-23-16-8-7-13(10-17(16)22-2)12-20-18(21)11-14-5-4-6-15(14)19;/h7-8,10,14-15H,3-6,9,11-12,19H2,1-2H3,(H,20,21);1H/t14-,15+;/m0./s1. The van der Waals surface area contributed by atoms with Crippen LogP contribution in [-0.4, -0.2) is 25.7 Å². The van der Waals surface area contributed by atoms with Gasteiger partial charge in [-0.25, -0.2) is 0 Å². The van der Waals surface area contributed by atoms with E-state index in [0.29, 0.717) is 31.2 Å². The molecule has 1 aliphatic carbocycles. The lowest BCUT2D eigenvalue weighted by atomic mass is 10.00. The lowest BCUT2D eigenvalue weighted by Crippen LogP contribution is -2.31. The largest absolute Gasteiger partial charge is 0.493 e. The molecule has 0 unspecified atom stereocenters. The predicted octanol–water partition coefficient (Wildman–Crippen LogP) is 3.04. The molecule has 6 heteroatoms. The van der Waals surface area contributed by atoms with Gasteiger partial charge in [0, 0.05) is 19.0 Å². The number of benzene rings is 1. The Kier molecular flexibility index (Phi) is 8.93. The summed E-state index contributed by atoms with van der Waals surface area (Å²) < 4.78 is 11.0. The third-order valence-electron chi connectivity index (χ3n) is 4.34. The van der Waals surface area contributed by atoms with Gasteiger partial charge in [0.2, 0.25) is 5.91 Å². The number of hydrogen-bond donors (Lipinski definition) is 2. The first kappa shape index (κ1) is 20.6. The van der Waals surface area contributed by atoms with Gasteiger partial charge in [-0.15, -0.1) is 12.4 Å². The highest BCUT2D eigenvalue weighted by Crippen LogP contribution is 2.29. The number of hydrogen-bond acceptors (Lipinski definition) is 4. The summed E-state index contributed by atoms with van der Waals surface area (Å²) in [5.74, 6) is 1.83. The van der Waals surface area contributed by atoms with E-state index in [9.17, 15) is 4.79 Å². The van der Waals surface area contributed by atoms with Crippen LogP contribution in [0.3, 0.4) is 0 Å². The normalized spacial score (nSPS) is 19.5. The van der Waals surface area contributed by atoms with E-state index < -0.39 is 0 Å². The van der Waals surface area contributed by atoms with Crippen LogP contribution in [-0.2, 0) is 11.3 Å². The molecule has 0 aromatic heterocycles. The molecule has 2 rings (SSSR count). The molecule has 1 amide bonds. The van der Waals surface area contributed by atoms with Gasteiger partial charge in [-0.05, 0) is 42.9 Å². The molecule has 1 aromatic carbocycles. The zero-order chi connectivity index (χ0) is 16.7. The molecule has 5 nitrogen and oxygen atoms in total. The van der Waals surface area contributed by atoms with E-state index in [4.69, 9.17) is 15.2 Å². The number of nitrogens with one attached hydrogen (secondary N) is 1. The second-order valence-electron chi connectivity index (χ2n) is 6.17. The quantitative estimate of drug-likeness (QED) is 0.750. The van der Waals surface area contributed by atoms with Gasteiger partial charge in [0.15, 0.2) is 11.5 Å². The highest BCUT2D eigenvalue weighted by atomic mass is 35.5. The molecule has 0 aliphatic heterocycles. The van der Waals surface area contributed by atoms with E-state index in [1.807, 2.05) is 18.2 Å². The number of ether oxygens (including phenoxy) is 2. The second-order valence-corrected chi connectivity index (χ2v) is 6.17. The molecule has 0 heterocycles. The number of carbonyl (C=O) groups is 1. The van der Waals surface area contributed by atoms with Crippen LogP contribution in [0.4, 0.5) is 0 Å². The first-order valence-corrected chi connectivity index (χ1v) is 8.46. The molecule has 0 radical (unpaired) electrons. The fraction of sp³-hybridized carbons (Fsp3) is 0.611. The van der Waals surface area contributed by atoms with Crippen molar-refractivity contribution in [1.82, 2.24) is 5.32 Å². The zero-order valence-electron chi connectivity index (χ0n) is 14.5. The van der Waals surface area contributed by atoms with Crippen molar-refractivity contribution in [3.05, 3.63) is 23.8 Å². The molecule has 0 saturated heterocycles. The summed E-state index contributed by atoms with van der Waals surface area (Å²) in [7, 11) is 1.62. The molecule has 2 atom stereocenters. The molecule has 1 saturated carbocycles. The minimum absolute atomic E-state index is 0. The van der Waals surface area contributed by atoms with Crippen LogP contribution in [0.15, 0.2) is 18.2 Å². The lowest BCUT2D eigenvalue weighted by molar-refractivity contribution is -0.122. The zero-order valence-corrected chi connectivity index (χ0v) is 15.4. The Labute approximate surface area is 150 Å². The average Bonchev–Trinajstić information content (AvgIpc) is 2.96. The van der Waals surface area contributed by atoms with Crippen LogP contribution >= 0.6 is 12.4 Å². The average molecular weight is 357 g/mol. The van der Waals surface area contributed by atoms with Crippen molar-refractivity contribution in [2.45, 2.75) is 51.6 Å². The van der Waals surface area contributed by atoms with Gasteiger partial charge in [0.1, 0.15) is 0 Å². The Balaban J connectivity index is 0.00000288. The molecular formula is C18H29ClN2O3. The maximum Gasteiger partial charge on any atom is 0.220 e. The van der Waals surface area contributed by atoms with Crippen LogP contribution in [0.25, 0.3) is 0 Å². The molecule has 1 aliphatic rings. The molecule has 136 valence electrons. The van der Waals surface area contributed by atoms with Crippen molar-refractivity contribution in [3.8, 4) is 11.5 Å². The van der Waals surface area contributed by atoms with Crippen LogP contribution in [0, 0.1) is 5.92 Å². The maximum atomic E-state index is 12.1. The monoisotopic (exact) mass is 356 g/mol. The number of amides is 1. The molecule has 0 bridgehead atoms. The summed E-state index contributed by atoms with van der Waals surface area (Å²) >= 11 is 0. The second kappa shape index (κ2) is 10.4. The maximum absolute atomic E-state index is 12.1. The van der Waals surface area contributed by atoms with Gasteiger partial charge in [-0.3, -0.25) is 4.79 Å². The van der Waals surface area contributed by atoms with Crippen molar-refractivity contribution < 1.29 is 14.3 Å². The van der Waals surface area contributed by atoms with E-state index >= 15 is 0 Å². The smallest absolute Gasteiger partial charge is 0.220 e. The molecule has 24 heavy (non-hydrogen) atoms. The van der Waals surface area contributed by atoms with Crippen molar-refractivity contribution >= 4 is 18.3 Å². The van der Waals surface area contributed by atoms with E-state index in [1.165, 1.54) is 0 Å². The van der Waals surface area contributed by atoms with Gasteiger partial charge < -0.3 is 20.5 Å². The van der Waals surface area contributed by atoms with E-state index in [2.05, 4.69) is 12.2 Å². The van der Waals surface area contributed by atoms with Crippen LogP contribution in [0.2, 0.25) is 0 Å². The third-order valence-corrected chi connectivity index (χ3v) is 4.34. The highest BCUT2D eigenvalue weighted by Gasteiger charge is 2.25. The van der Waals surface area contributed by atoms with E-state index in [0.717, 1.165) is 37.0 Å². The summed E-state index contributed by atoms with van der Waals surface area (Å²) in [6.07, 6.45) is 4.70. The topological polar surface area (TPSA) is 73.6 Å². The molecule has 0 spiro atoms. The summed E-state index contributed by atoms with van der Waals surface area (Å²) in [5.41, 5.74) is 7.01. The summed E-state index contributed by atoms with van der Waals surface area (Å²) in [6, 6.07) is 5.93. The minimum atomic E-state index is 0. The third kappa shape index (κ3) is 5.87. The highest BCUT2D eigenvalue weighted by molar-refractivity contribution is 5.85. The number of rotatable bonds is 8. The fourth-order valence-corrected chi connectivity index (χ4v) is 2.98.